The van der Waals surface area contributed by atoms with Gasteiger partial charge >= 0.3 is 0 Å². The van der Waals surface area contributed by atoms with Crippen LogP contribution in [0.3, 0.4) is 0 Å². The van der Waals surface area contributed by atoms with Gasteiger partial charge in [-0.15, -0.1) is 10.2 Å². The molecule has 3 rings (SSSR count). The molecule has 0 amide bonds. The molecule has 0 bridgehead atoms. The summed E-state index contributed by atoms with van der Waals surface area (Å²) in [5.74, 6) is 0.793. The van der Waals surface area contributed by atoms with Gasteiger partial charge in [0.15, 0.2) is 0 Å². The molecule has 104 valence electrons. The van der Waals surface area contributed by atoms with E-state index in [1.54, 1.807) is 0 Å². The lowest BCUT2D eigenvalue weighted by atomic mass is 10.1. The Labute approximate surface area is 126 Å². The fraction of sp³-hybridized carbons (Fsp3) is 0.333. The van der Waals surface area contributed by atoms with Crippen molar-refractivity contribution in [3.05, 3.63) is 40.9 Å². The van der Waals surface area contributed by atoms with Gasteiger partial charge in [-0.25, -0.2) is 0 Å². The van der Waals surface area contributed by atoms with Gasteiger partial charge in [0.25, 0.3) is 0 Å². The maximum Gasteiger partial charge on any atom is 0.148 e. The normalized spacial score (nSPS) is 18.1. The van der Waals surface area contributed by atoms with E-state index >= 15 is 0 Å². The van der Waals surface area contributed by atoms with E-state index in [4.69, 9.17) is 4.74 Å². The van der Waals surface area contributed by atoms with Crippen molar-refractivity contribution < 1.29 is 4.74 Å². The molecule has 1 aliphatic heterocycles. The minimum absolute atomic E-state index is 0.308. The summed E-state index contributed by atoms with van der Waals surface area (Å²) in [5, 5.41) is 11.7. The molecule has 2 aromatic rings. The Bertz CT molecular complexity index is 550. The highest BCUT2D eigenvalue weighted by Gasteiger charge is 2.15. The standard InChI is InChI=1S/C15H16BrN3O/c16-12-5-3-11(4-6-12)14-7-8-15(19-18-14)17-10-13-2-1-9-20-13/h3-8,13H,1-2,9-10H2,(H,17,19)/t13-/m0/s1. The van der Waals surface area contributed by atoms with E-state index in [1.165, 1.54) is 0 Å². The zero-order valence-corrected chi connectivity index (χ0v) is 12.6. The van der Waals surface area contributed by atoms with Crippen molar-refractivity contribution in [2.24, 2.45) is 0 Å². The van der Waals surface area contributed by atoms with Gasteiger partial charge < -0.3 is 10.1 Å². The van der Waals surface area contributed by atoms with Crippen molar-refractivity contribution in [1.82, 2.24) is 10.2 Å². The Balaban J connectivity index is 1.63. The number of nitrogens with zero attached hydrogens (tertiary/aromatic N) is 2. The lowest BCUT2D eigenvalue weighted by molar-refractivity contribution is 0.120. The van der Waals surface area contributed by atoms with Crippen LogP contribution in [0.4, 0.5) is 5.82 Å². The number of aromatic nitrogens is 2. The average molecular weight is 334 g/mol. The van der Waals surface area contributed by atoms with Gasteiger partial charge in [-0.05, 0) is 37.1 Å². The third-order valence-electron chi connectivity index (χ3n) is 3.34. The minimum Gasteiger partial charge on any atom is -0.376 e. The third-order valence-corrected chi connectivity index (χ3v) is 3.87. The van der Waals surface area contributed by atoms with E-state index < -0.39 is 0 Å². The van der Waals surface area contributed by atoms with Gasteiger partial charge in [-0.2, -0.15) is 0 Å². The molecule has 0 saturated carbocycles. The van der Waals surface area contributed by atoms with Gasteiger partial charge in [0.05, 0.1) is 11.8 Å². The lowest BCUT2D eigenvalue weighted by Crippen LogP contribution is -2.19. The predicted octanol–water partition coefficient (Wildman–Crippen LogP) is 3.50. The fourth-order valence-electron chi connectivity index (χ4n) is 2.22. The molecule has 1 aromatic carbocycles. The summed E-state index contributed by atoms with van der Waals surface area (Å²) in [6.07, 6.45) is 2.58. The van der Waals surface area contributed by atoms with E-state index in [9.17, 15) is 0 Å². The lowest BCUT2D eigenvalue weighted by Gasteiger charge is -2.10. The van der Waals surface area contributed by atoms with Crippen molar-refractivity contribution in [1.29, 1.82) is 0 Å². The van der Waals surface area contributed by atoms with Crippen LogP contribution < -0.4 is 5.32 Å². The average Bonchev–Trinajstić information content (AvgIpc) is 3.00. The SMILES string of the molecule is Brc1ccc(-c2ccc(NC[C@@H]3CCCO3)nn2)cc1. The van der Waals surface area contributed by atoms with E-state index in [2.05, 4.69) is 31.4 Å². The fourth-order valence-corrected chi connectivity index (χ4v) is 2.49. The Morgan fingerprint density at radius 1 is 1.15 bits per heavy atom. The zero-order chi connectivity index (χ0) is 13.8. The minimum atomic E-state index is 0.308. The molecular formula is C15H16BrN3O. The smallest absolute Gasteiger partial charge is 0.148 e. The molecule has 20 heavy (non-hydrogen) atoms. The Morgan fingerprint density at radius 3 is 2.65 bits per heavy atom. The number of ether oxygens (including phenoxy) is 1. The predicted molar refractivity (Wildman–Crippen MR) is 82.6 cm³/mol. The van der Waals surface area contributed by atoms with Crippen LogP contribution in [-0.2, 0) is 4.74 Å². The van der Waals surface area contributed by atoms with Crippen LogP contribution in [-0.4, -0.2) is 29.5 Å². The van der Waals surface area contributed by atoms with E-state index in [0.29, 0.717) is 6.10 Å². The molecule has 0 unspecified atom stereocenters. The van der Waals surface area contributed by atoms with Crippen molar-refractivity contribution in [2.45, 2.75) is 18.9 Å². The third kappa shape index (κ3) is 3.35. The highest BCUT2D eigenvalue weighted by atomic mass is 79.9. The van der Waals surface area contributed by atoms with Gasteiger partial charge in [-0.3, -0.25) is 0 Å². The van der Waals surface area contributed by atoms with Crippen LogP contribution in [0.5, 0.6) is 0 Å². The van der Waals surface area contributed by atoms with Crippen LogP contribution in [0.2, 0.25) is 0 Å². The molecule has 1 N–H and O–H groups in total. The summed E-state index contributed by atoms with van der Waals surface area (Å²) in [6, 6.07) is 12.0. The molecule has 1 saturated heterocycles. The van der Waals surface area contributed by atoms with Crippen molar-refractivity contribution in [2.75, 3.05) is 18.5 Å². The number of rotatable bonds is 4. The highest BCUT2D eigenvalue weighted by Crippen LogP contribution is 2.20. The number of hydrogen-bond donors (Lipinski definition) is 1. The summed E-state index contributed by atoms with van der Waals surface area (Å²) in [7, 11) is 0. The van der Waals surface area contributed by atoms with Crippen LogP contribution in [0.15, 0.2) is 40.9 Å². The van der Waals surface area contributed by atoms with Crippen molar-refractivity contribution in [3.63, 3.8) is 0 Å². The van der Waals surface area contributed by atoms with Crippen LogP contribution >= 0.6 is 15.9 Å². The second kappa shape index (κ2) is 6.33. The van der Waals surface area contributed by atoms with Gasteiger partial charge in [0.2, 0.25) is 0 Å². The molecule has 0 spiro atoms. The van der Waals surface area contributed by atoms with Crippen molar-refractivity contribution >= 4 is 21.7 Å². The van der Waals surface area contributed by atoms with Gasteiger partial charge in [0, 0.05) is 23.2 Å². The molecular weight excluding hydrogens is 318 g/mol. The molecule has 2 heterocycles. The molecule has 0 aliphatic carbocycles. The molecule has 0 radical (unpaired) electrons. The van der Waals surface area contributed by atoms with Crippen LogP contribution in [0, 0.1) is 0 Å². The monoisotopic (exact) mass is 333 g/mol. The Kier molecular flexibility index (Phi) is 4.28. The quantitative estimate of drug-likeness (QED) is 0.930. The van der Waals surface area contributed by atoms with Crippen LogP contribution in [0.25, 0.3) is 11.3 Å². The maximum absolute atomic E-state index is 5.56. The topological polar surface area (TPSA) is 47.0 Å². The number of anilines is 1. The summed E-state index contributed by atoms with van der Waals surface area (Å²) in [4.78, 5) is 0. The molecule has 1 atom stereocenters. The largest absolute Gasteiger partial charge is 0.376 e. The second-order valence-corrected chi connectivity index (χ2v) is 5.74. The summed E-state index contributed by atoms with van der Waals surface area (Å²) in [6.45, 7) is 1.67. The van der Waals surface area contributed by atoms with Crippen molar-refractivity contribution in [3.8, 4) is 11.3 Å². The molecule has 1 fully saturated rings. The summed E-state index contributed by atoms with van der Waals surface area (Å²) >= 11 is 3.42. The number of nitrogens with one attached hydrogen (secondary N) is 1. The van der Waals surface area contributed by atoms with E-state index in [0.717, 1.165) is 47.5 Å². The summed E-state index contributed by atoms with van der Waals surface area (Å²) in [5.41, 5.74) is 1.94. The molecule has 5 heteroatoms. The highest BCUT2D eigenvalue weighted by molar-refractivity contribution is 9.10. The number of benzene rings is 1. The first-order valence-electron chi connectivity index (χ1n) is 6.76. The zero-order valence-electron chi connectivity index (χ0n) is 11.1. The molecule has 1 aromatic heterocycles. The first-order chi connectivity index (χ1) is 9.81. The van der Waals surface area contributed by atoms with E-state index in [1.807, 2.05) is 36.4 Å². The molecule has 4 nitrogen and oxygen atoms in total. The first-order valence-corrected chi connectivity index (χ1v) is 7.56. The molecule has 1 aliphatic rings. The second-order valence-electron chi connectivity index (χ2n) is 4.83. The Hall–Kier alpha value is -1.46. The number of hydrogen-bond acceptors (Lipinski definition) is 4. The maximum atomic E-state index is 5.56. The Morgan fingerprint density at radius 2 is 2.00 bits per heavy atom. The van der Waals surface area contributed by atoms with Gasteiger partial charge in [-0.1, -0.05) is 28.1 Å². The van der Waals surface area contributed by atoms with Gasteiger partial charge in [0.1, 0.15) is 5.82 Å². The first kappa shape index (κ1) is 13.5. The number of halogens is 1. The van der Waals surface area contributed by atoms with E-state index in [-0.39, 0.29) is 0 Å². The van der Waals surface area contributed by atoms with Crippen LogP contribution in [0.1, 0.15) is 12.8 Å². The summed E-state index contributed by atoms with van der Waals surface area (Å²) < 4.78 is 6.62.